The lowest BCUT2D eigenvalue weighted by atomic mass is 10.2. The van der Waals surface area contributed by atoms with Crippen molar-refractivity contribution < 1.29 is 9.53 Å². The molecule has 0 aromatic heterocycles. The minimum Gasteiger partial charge on any atom is -0.490 e. The third-order valence-electron chi connectivity index (χ3n) is 2.78. The molecule has 0 saturated heterocycles. The summed E-state index contributed by atoms with van der Waals surface area (Å²) in [5, 5.41) is 3.68. The summed E-state index contributed by atoms with van der Waals surface area (Å²) < 4.78 is 5.51. The van der Waals surface area contributed by atoms with Gasteiger partial charge in [0.05, 0.1) is 23.1 Å². The lowest BCUT2D eigenvalue weighted by molar-refractivity contribution is -0.116. The van der Waals surface area contributed by atoms with E-state index in [1.165, 1.54) is 0 Å². The number of benzene rings is 2. The van der Waals surface area contributed by atoms with Crippen molar-refractivity contribution in [1.29, 1.82) is 0 Å². The van der Waals surface area contributed by atoms with Crippen LogP contribution >= 0.6 is 23.2 Å². The van der Waals surface area contributed by atoms with E-state index >= 15 is 0 Å². The summed E-state index contributed by atoms with van der Waals surface area (Å²) in [6.07, 6.45) is 0.218. The zero-order chi connectivity index (χ0) is 15.2. The van der Waals surface area contributed by atoms with E-state index in [-0.39, 0.29) is 18.9 Å². The quantitative estimate of drug-likeness (QED) is 0.865. The first-order valence-electron chi connectivity index (χ1n) is 6.49. The van der Waals surface area contributed by atoms with Crippen molar-refractivity contribution >= 4 is 34.8 Å². The summed E-state index contributed by atoms with van der Waals surface area (Å²) >= 11 is 12.1. The van der Waals surface area contributed by atoms with Gasteiger partial charge in [0.1, 0.15) is 0 Å². The molecule has 0 radical (unpaired) electrons. The van der Waals surface area contributed by atoms with E-state index in [2.05, 4.69) is 5.32 Å². The van der Waals surface area contributed by atoms with Crippen LogP contribution < -0.4 is 10.1 Å². The van der Waals surface area contributed by atoms with Crippen LogP contribution in [0, 0.1) is 6.92 Å². The van der Waals surface area contributed by atoms with Crippen molar-refractivity contribution in [2.75, 3.05) is 11.9 Å². The molecular formula is C16H15Cl2NO2. The second-order valence-electron chi connectivity index (χ2n) is 4.57. The molecule has 3 nitrogen and oxygen atoms in total. The molecule has 2 rings (SSSR count). The predicted molar refractivity (Wildman–Crippen MR) is 86.4 cm³/mol. The molecule has 0 atom stereocenters. The molecule has 2 aromatic carbocycles. The molecule has 110 valence electrons. The fraction of sp³-hybridized carbons (Fsp3) is 0.188. The second-order valence-corrected chi connectivity index (χ2v) is 5.38. The summed E-state index contributed by atoms with van der Waals surface area (Å²) in [6, 6.07) is 12.8. The van der Waals surface area contributed by atoms with Gasteiger partial charge in [-0.2, -0.15) is 0 Å². The maximum atomic E-state index is 11.8. The number of ether oxygens (including phenoxy) is 1. The molecule has 1 amide bonds. The van der Waals surface area contributed by atoms with Crippen molar-refractivity contribution in [3.63, 3.8) is 0 Å². The number of carbonyl (C=O) groups is 1. The number of hydrogen-bond acceptors (Lipinski definition) is 2. The lowest BCUT2D eigenvalue weighted by Crippen LogP contribution is -2.15. The summed E-state index contributed by atoms with van der Waals surface area (Å²) in [5.74, 6) is 0.289. The molecule has 0 unspecified atom stereocenters. The van der Waals surface area contributed by atoms with Gasteiger partial charge in [0.25, 0.3) is 0 Å². The van der Waals surface area contributed by atoms with E-state index in [9.17, 15) is 4.79 Å². The first-order chi connectivity index (χ1) is 10.1. The van der Waals surface area contributed by atoms with Crippen molar-refractivity contribution in [3.05, 3.63) is 58.1 Å². The molecule has 2 aromatic rings. The summed E-state index contributed by atoms with van der Waals surface area (Å²) in [6.45, 7) is 2.11. The van der Waals surface area contributed by atoms with Crippen LogP contribution in [0.25, 0.3) is 0 Å². The highest BCUT2D eigenvalue weighted by Crippen LogP contribution is 2.34. The Balaban J connectivity index is 1.86. The Morgan fingerprint density at radius 1 is 1.14 bits per heavy atom. The maximum absolute atomic E-state index is 11.8. The van der Waals surface area contributed by atoms with Crippen LogP contribution in [0.1, 0.15) is 12.0 Å². The average Bonchev–Trinajstić information content (AvgIpc) is 2.42. The Morgan fingerprint density at radius 3 is 2.38 bits per heavy atom. The smallest absolute Gasteiger partial charge is 0.227 e. The molecule has 1 N–H and O–H groups in total. The predicted octanol–water partition coefficient (Wildman–Crippen LogP) is 4.71. The lowest BCUT2D eigenvalue weighted by Gasteiger charge is -2.11. The van der Waals surface area contributed by atoms with Crippen LogP contribution in [-0.2, 0) is 4.79 Å². The SMILES string of the molecule is Cc1cc(Cl)c(OCCC(=O)Nc2ccccc2)c(Cl)c1. The highest BCUT2D eigenvalue weighted by molar-refractivity contribution is 6.37. The minimum atomic E-state index is -0.124. The van der Waals surface area contributed by atoms with Crippen LogP contribution in [0.2, 0.25) is 10.0 Å². The molecule has 0 aliphatic rings. The molecule has 0 bridgehead atoms. The zero-order valence-corrected chi connectivity index (χ0v) is 13.0. The number of para-hydroxylation sites is 1. The fourth-order valence-electron chi connectivity index (χ4n) is 1.82. The number of halogens is 2. The van der Waals surface area contributed by atoms with Gasteiger partial charge in [-0.25, -0.2) is 0 Å². The third-order valence-corrected chi connectivity index (χ3v) is 3.34. The van der Waals surface area contributed by atoms with Gasteiger partial charge in [-0.1, -0.05) is 41.4 Å². The molecule has 5 heteroatoms. The van der Waals surface area contributed by atoms with Crippen LogP contribution in [0.5, 0.6) is 5.75 Å². The van der Waals surface area contributed by atoms with Crippen molar-refractivity contribution in [1.82, 2.24) is 0 Å². The largest absolute Gasteiger partial charge is 0.490 e. The number of rotatable bonds is 5. The van der Waals surface area contributed by atoms with Gasteiger partial charge in [0, 0.05) is 5.69 Å². The van der Waals surface area contributed by atoms with Gasteiger partial charge < -0.3 is 10.1 Å². The second kappa shape index (κ2) is 7.34. The van der Waals surface area contributed by atoms with Crippen molar-refractivity contribution in [2.45, 2.75) is 13.3 Å². The molecule has 0 aliphatic heterocycles. The topological polar surface area (TPSA) is 38.3 Å². The molecule has 0 fully saturated rings. The molecule has 0 heterocycles. The fourth-order valence-corrected chi connectivity index (χ4v) is 2.52. The average molecular weight is 324 g/mol. The van der Waals surface area contributed by atoms with E-state index in [1.807, 2.05) is 37.3 Å². The van der Waals surface area contributed by atoms with Gasteiger partial charge in [-0.3, -0.25) is 4.79 Å². The molecular weight excluding hydrogens is 309 g/mol. The van der Waals surface area contributed by atoms with Crippen molar-refractivity contribution in [3.8, 4) is 5.75 Å². The number of carbonyl (C=O) groups excluding carboxylic acids is 1. The summed E-state index contributed by atoms with van der Waals surface area (Å²) in [7, 11) is 0. The highest BCUT2D eigenvalue weighted by Gasteiger charge is 2.09. The van der Waals surface area contributed by atoms with Gasteiger partial charge in [0.15, 0.2) is 5.75 Å². The number of amides is 1. The number of aryl methyl sites for hydroxylation is 1. The minimum absolute atomic E-state index is 0.124. The molecule has 0 aliphatic carbocycles. The molecule has 21 heavy (non-hydrogen) atoms. The van der Waals surface area contributed by atoms with E-state index in [4.69, 9.17) is 27.9 Å². The Morgan fingerprint density at radius 2 is 1.76 bits per heavy atom. The van der Waals surface area contributed by atoms with Crippen LogP contribution in [0.3, 0.4) is 0 Å². The van der Waals surface area contributed by atoms with Crippen LogP contribution in [-0.4, -0.2) is 12.5 Å². The maximum Gasteiger partial charge on any atom is 0.227 e. The number of hydrogen-bond donors (Lipinski definition) is 1. The van der Waals surface area contributed by atoms with Crippen LogP contribution in [0.4, 0.5) is 5.69 Å². The monoisotopic (exact) mass is 323 g/mol. The summed E-state index contributed by atoms with van der Waals surface area (Å²) in [5.41, 5.74) is 1.72. The van der Waals surface area contributed by atoms with E-state index < -0.39 is 0 Å². The number of nitrogens with one attached hydrogen (secondary N) is 1. The Kier molecular flexibility index (Phi) is 5.48. The van der Waals surface area contributed by atoms with Crippen LogP contribution in [0.15, 0.2) is 42.5 Å². The highest BCUT2D eigenvalue weighted by atomic mass is 35.5. The van der Waals surface area contributed by atoms with Gasteiger partial charge in [-0.05, 0) is 36.8 Å². The first-order valence-corrected chi connectivity index (χ1v) is 7.25. The Labute approximate surface area is 133 Å². The third kappa shape index (κ3) is 4.66. The van der Waals surface area contributed by atoms with E-state index in [1.54, 1.807) is 12.1 Å². The Hall–Kier alpha value is -1.71. The normalized spacial score (nSPS) is 10.2. The molecule has 0 spiro atoms. The summed E-state index contributed by atoms with van der Waals surface area (Å²) in [4.78, 5) is 11.8. The number of anilines is 1. The van der Waals surface area contributed by atoms with Gasteiger partial charge in [0.2, 0.25) is 5.91 Å². The standard InChI is InChI=1S/C16H15Cl2NO2/c1-11-9-13(17)16(14(18)10-11)21-8-7-15(20)19-12-5-3-2-4-6-12/h2-6,9-10H,7-8H2,1H3,(H,19,20). The Bertz CT molecular complexity index is 606. The van der Waals surface area contributed by atoms with Gasteiger partial charge >= 0.3 is 0 Å². The van der Waals surface area contributed by atoms with E-state index in [0.717, 1.165) is 11.3 Å². The van der Waals surface area contributed by atoms with Gasteiger partial charge in [-0.15, -0.1) is 0 Å². The molecule has 0 saturated carbocycles. The zero-order valence-electron chi connectivity index (χ0n) is 11.5. The van der Waals surface area contributed by atoms with E-state index in [0.29, 0.717) is 15.8 Å². The first kappa shape index (κ1) is 15.7. The van der Waals surface area contributed by atoms with Crippen molar-refractivity contribution in [2.24, 2.45) is 0 Å².